The molecule has 7 nitrogen and oxygen atoms in total. The number of aromatic nitrogens is 5. The highest BCUT2D eigenvalue weighted by atomic mass is 19.2. The number of anilines is 1. The molecular weight excluding hydrogens is 412 g/mol. The third-order valence-electron chi connectivity index (χ3n) is 5.86. The molecule has 2 N–H and O–H groups in total. The molecule has 5 heterocycles. The highest BCUT2D eigenvalue weighted by Gasteiger charge is 2.20. The number of H-pyrrole nitrogens is 1. The van der Waals surface area contributed by atoms with Crippen molar-refractivity contribution in [3.8, 4) is 22.4 Å². The molecule has 1 aromatic carbocycles. The molecule has 0 unspecified atom stereocenters. The molecule has 0 aliphatic carbocycles. The lowest BCUT2D eigenvalue weighted by Crippen LogP contribution is -2.44. The van der Waals surface area contributed by atoms with Gasteiger partial charge in [-0.15, -0.1) is 0 Å². The van der Waals surface area contributed by atoms with E-state index in [9.17, 15) is 8.78 Å². The SMILES string of the molecule is Fc1cc(-c2cnc3[nH]cc(-c4ccc5nccn5n4)c3c2)cc(N2CCNCC2)c1F. The van der Waals surface area contributed by atoms with E-state index in [0.717, 1.165) is 35.4 Å². The van der Waals surface area contributed by atoms with Crippen molar-refractivity contribution in [2.45, 2.75) is 0 Å². The maximum atomic E-state index is 14.6. The Hall–Kier alpha value is -3.85. The number of nitrogens with zero attached hydrogens (tertiary/aromatic N) is 5. The Bertz CT molecular complexity index is 1450. The number of pyridine rings is 1. The lowest BCUT2D eigenvalue weighted by molar-refractivity contribution is 0.500. The topological polar surface area (TPSA) is 74.1 Å². The molecule has 0 spiro atoms. The number of aromatic amines is 1. The van der Waals surface area contributed by atoms with Crippen LogP contribution in [-0.2, 0) is 0 Å². The summed E-state index contributed by atoms with van der Waals surface area (Å²) in [4.78, 5) is 13.8. The first kappa shape index (κ1) is 18.9. The second-order valence-corrected chi connectivity index (χ2v) is 7.80. The normalized spacial score (nSPS) is 14.5. The Balaban J connectivity index is 1.46. The molecule has 1 fully saturated rings. The van der Waals surface area contributed by atoms with E-state index in [4.69, 9.17) is 0 Å². The van der Waals surface area contributed by atoms with Gasteiger partial charge in [-0.3, -0.25) is 0 Å². The van der Waals surface area contributed by atoms with Crippen molar-refractivity contribution in [2.24, 2.45) is 0 Å². The van der Waals surface area contributed by atoms with Crippen LogP contribution in [0.4, 0.5) is 14.5 Å². The molecule has 1 saturated heterocycles. The Morgan fingerprint density at radius 1 is 0.969 bits per heavy atom. The number of hydrogen-bond acceptors (Lipinski definition) is 5. The van der Waals surface area contributed by atoms with Crippen LogP contribution in [0, 0.1) is 11.6 Å². The average molecular weight is 431 g/mol. The fraction of sp³-hybridized carbons (Fsp3) is 0.174. The summed E-state index contributed by atoms with van der Waals surface area (Å²) in [6.45, 7) is 2.72. The van der Waals surface area contributed by atoms with Gasteiger partial charge in [-0.05, 0) is 35.9 Å². The first-order valence-corrected chi connectivity index (χ1v) is 10.4. The lowest BCUT2D eigenvalue weighted by atomic mass is 10.0. The first-order chi connectivity index (χ1) is 15.7. The van der Waals surface area contributed by atoms with Gasteiger partial charge in [-0.1, -0.05) is 0 Å². The van der Waals surface area contributed by atoms with E-state index in [2.05, 4.69) is 25.4 Å². The molecule has 1 aliphatic rings. The maximum Gasteiger partial charge on any atom is 0.182 e. The standard InChI is InChI=1S/C23H19F2N7/c24-18-10-14(11-20(22(18)25)31-6-3-26-4-7-31)15-9-16-17(13-29-23(16)28-12-15)19-1-2-21-27-5-8-32(21)30-19/h1-2,5,8-13,26H,3-4,6-7H2,(H,28,29). The van der Waals surface area contributed by atoms with Gasteiger partial charge in [0.1, 0.15) is 5.65 Å². The summed E-state index contributed by atoms with van der Waals surface area (Å²) in [5.74, 6) is -1.68. The van der Waals surface area contributed by atoms with Crippen molar-refractivity contribution < 1.29 is 8.78 Å². The van der Waals surface area contributed by atoms with Gasteiger partial charge < -0.3 is 15.2 Å². The molecule has 5 aromatic rings. The minimum absolute atomic E-state index is 0.281. The van der Waals surface area contributed by atoms with E-state index in [1.165, 1.54) is 6.07 Å². The second kappa shape index (κ2) is 7.38. The van der Waals surface area contributed by atoms with Crippen molar-refractivity contribution in [1.29, 1.82) is 0 Å². The Morgan fingerprint density at radius 2 is 1.84 bits per heavy atom. The van der Waals surface area contributed by atoms with Crippen LogP contribution in [0.5, 0.6) is 0 Å². The molecule has 4 aromatic heterocycles. The van der Waals surface area contributed by atoms with E-state index in [-0.39, 0.29) is 5.69 Å². The second-order valence-electron chi connectivity index (χ2n) is 7.80. The van der Waals surface area contributed by atoms with Gasteiger partial charge in [0.05, 0.1) is 11.4 Å². The van der Waals surface area contributed by atoms with Gasteiger partial charge in [0.25, 0.3) is 0 Å². The van der Waals surface area contributed by atoms with Crippen LogP contribution in [0.2, 0.25) is 0 Å². The number of nitrogens with one attached hydrogen (secondary N) is 2. The van der Waals surface area contributed by atoms with Crippen LogP contribution in [0.15, 0.2) is 55.1 Å². The van der Waals surface area contributed by atoms with Gasteiger partial charge in [0, 0.05) is 67.5 Å². The molecule has 6 rings (SSSR count). The van der Waals surface area contributed by atoms with Crippen LogP contribution in [-0.4, -0.2) is 50.7 Å². The first-order valence-electron chi connectivity index (χ1n) is 10.4. The Kier molecular flexibility index (Phi) is 4.36. The van der Waals surface area contributed by atoms with Crippen LogP contribution >= 0.6 is 0 Å². The van der Waals surface area contributed by atoms with E-state index >= 15 is 0 Å². The van der Waals surface area contributed by atoms with Gasteiger partial charge >= 0.3 is 0 Å². The Morgan fingerprint density at radius 3 is 2.72 bits per heavy atom. The van der Waals surface area contributed by atoms with E-state index in [1.54, 1.807) is 29.2 Å². The largest absolute Gasteiger partial charge is 0.367 e. The van der Waals surface area contributed by atoms with Crippen LogP contribution in [0.25, 0.3) is 39.1 Å². The van der Waals surface area contributed by atoms with Crippen molar-refractivity contribution in [2.75, 3.05) is 31.1 Å². The number of halogens is 2. The molecule has 0 saturated carbocycles. The van der Waals surface area contributed by atoms with Gasteiger partial charge in [0.15, 0.2) is 17.3 Å². The number of benzene rings is 1. The molecule has 32 heavy (non-hydrogen) atoms. The quantitative estimate of drug-likeness (QED) is 0.456. The molecular formula is C23H19F2N7. The highest BCUT2D eigenvalue weighted by Crippen LogP contribution is 2.33. The summed E-state index contributed by atoms with van der Waals surface area (Å²) in [5, 5.41) is 8.70. The average Bonchev–Trinajstić information content (AvgIpc) is 3.47. The molecule has 160 valence electrons. The number of imidazole rings is 1. The van der Waals surface area contributed by atoms with Gasteiger partial charge in [0.2, 0.25) is 0 Å². The zero-order valence-corrected chi connectivity index (χ0v) is 17.0. The van der Waals surface area contributed by atoms with Gasteiger partial charge in [-0.2, -0.15) is 5.10 Å². The van der Waals surface area contributed by atoms with Crippen LogP contribution in [0.3, 0.4) is 0 Å². The van der Waals surface area contributed by atoms with Gasteiger partial charge in [-0.25, -0.2) is 23.3 Å². The molecule has 0 atom stereocenters. The monoisotopic (exact) mass is 431 g/mol. The third-order valence-corrected chi connectivity index (χ3v) is 5.86. The summed E-state index contributed by atoms with van der Waals surface area (Å²) in [6.07, 6.45) is 7.00. The smallest absolute Gasteiger partial charge is 0.182 e. The fourth-order valence-corrected chi connectivity index (χ4v) is 4.21. The highest BCUT2D eigenvalue weighted by molar-refractivity contribution is 5.95. The minimum atomic E-state index is -0.863. The maximum absolute atomic E-state index is 14.6. The van der Waals surface area contributed by atoms with E-state index in [1.807, 2.05) is 29.3 Å². The summed E-state index contributed by atoms with van der Waals surface area (Å²) in [7, 11) is 0. The molecule has 1 aliphatic heterocycles. The van der Waals surface area contributed by atoms with Crippen molar-refractivity contribution in [1.82, 2.24) is 29.9 Å². The lowest BCUT2D eigenvalue weighted by Gasteiger charge is -2.30. The van der Waals surface area contributed by atoms with Crippen molar-refractivity contribution in [3.63, 3.8) is 0 Å². The molecule has 0 amide bonds. The Labute approximate surface area is 181 Å². The number of rotatable bonds is 3. The summed E-state index contributed by atoms with van der Waals surface area (Å²) in [5.41, 5.74) is 4.65. The van der Waals surface area contributed by atoms with E-state index in [0.29, 0.717) is 29.9 Å². The number of piperazine rings is 1. The third kappa shape index (κ3) is 3.09. The number of hydrogen-bond donors (Lipinski definition) is 2. The van der Waals surface area contributed by atoms with E-state index < -0.39 is 11.6 Å². The molecule has 0 radical (unpaired) electrons. The van der Waals surface area contributed by atoms with Crippen molar-refractivity contribution >= 4 is 22.4 Å². The summed E-state index contributed by atoms with van der Waals surface area (Å²) >= 11 is 0. The molecule has 9 heteroatoms. The molecule has 0 bridgehead atoms. The van der Waals surface area contributed by atoms with Crippen molar-refractivity contribution in [3.05, 3.63) is 66.8 Å². The zero-order valence-electron chi connectivity index (χ0n) is 17.0. The predicted molar refractivity (Wildman–Crippen MR) is 119 cm³/mol. The fourth-order valence-electron chi connectivity index (χ4n) is 4.21. The zero-order chi connectivity index (χ0) is 21.7. The predicted octanol–water partition coefficient (Wildman–Crippen LogP) is 3.63. The number of fused-ring (bicyclic) bond motifs is 2. The minimum Gasteiger partial charge on any atom is -0.367 e. The van der Waals surface area contributed by atoms with Crippen LogP contribution in [0.1, 0.15) is 0 Å². The summed E-state index contributed by atoms with van der Waals surface area (Å²) in [6, 6.07) is 8.66. The summed E-state index contributed by atoms with van der Waals surface area (Å²) < 4.78 is 30.8. The van der Waals surface area contributed by atoms with Crippen LogP contribution < -0.4 is 10.2 Å².